The van der Waals surface area contributed by atoms with Crippen molar-refractivity contribution in [1.29, 1.82) is 0 Å². The van der Waals surface area contributed by atoms with E-state index in [9.17, 15) is 9.59 Å². The van der Waals surface area contributed by atoms with Gasteiger partial charge in [-0.15, -0.1) is 11.3 Å². The number of nitrogens with one attached hydrogen (secondary N) is 2. The van der Waals surface area contributed by atoms with Crippen molar-refractivity contribution < 1.29 is 9.59 Å². The largest absolute Gasteiger partial charge is 0.361 e. The van der Waals surface area contributed by atoms with Gasteiger partial charge in [0, 0.05) is 54.1 Å². The van der Waals surface area contributed by atoms with E-state index in [1.807, 2.05) is 40.7 Å². The molecular weight excluding hydrogens is 410 g/mol. The molecule has 8 heteroatoms. The molecule has 1 aromatic carbocycles. The number of H-pyrrole nitrogens is 1. The molecule has 0 atom stereocenters. The van der Waals surface area contributed by atoms with Crippen LogP contribution in [0.4, 0.5) is 4.79 Å². The summed E-state index contributed by atoms with van der Waals surface area (Å²) in [7, 11) is 0. The smallest absolute Gasteiger partial charge is 0.317 e. The molecule has 1 aliphatic rings. The monoisotopic (exact) mass is 439 g/mol. The average molecular weight is 440 g/mol. The normalized spacial score (nSPS) is 14.8. The van der Waals surface area contributed by atoms with Crippen LogP contribution >= 0.6 is 11.3 Å². The van der Waals surface area contributed by atoms with Gasteiger partial charge < -0.3 is 20.1 Å². The highest BCUT2D eigenvalue weighted by atomic mass is 32.1. The van der Waals surface area contributed by atoms with Gasteiger partial charge in [0.1, 0.15) is 0 Å². The number of para-hydroxylation sites is 1. The van der Waals surface area contributed by atoms with E-state index in [-0.39, 0.29) is 17.4 Å². The Hall–Kier alpha value is -2.87. The minimum absolute atomic E-state index is 0.0163. The van der Waals surface area contributed by atoms with Crippen LogP contribution in [0.5, 0.6) is 0 Å². The van der Waals surface area contributed by atoms with E-state index in [0.29, 0.717) is 39.1 Å². The van der Waals surface area contributed by atoms with Crippen molar-refractivity contribution in [3.63, 3.8) is 0 Å². The Bertz CT molecular complexity index is 1070. The van der Waals surface area contributed by atoms with E-state index in [0.717, 1.165) is 27.2 Å². The molecule has 0 bridgehead atoms. The van der Waals surface area contributed by atoms with Crippen LogP contribution < -0.4 is 5.32 Å². The number of urea groups is 1. The molecular formula is C23H29N5O2S. The highest BCUT2D eigenvalue weighted by Gasteiger charge is 2.25. The summed E-state index contributed by atoms with van der Waals surface area (Å²) in [6, 6.07) is 7.90. The summed E-state index contributed by atoms with van der Waals surface area (Å²) < 4.78 is 0. The molecule has 31 heavy (non-hydrogen) atoms. The van der Waals surface area contributed by atoms with Crippen molar-refractivity contribution in [3.8, 4) is 0 Å². The van der Waals surface area contributed by atoms with Crippen LogP contribution in [0.3, 0.4) is 0 Å². The van der Waals surface area contributed by atoms with E-state index in [2.05, 4.69) is 36.1 Å². The van der Waals surface area contributed by atoms with Crippen molar-refractivity contribution in [2.75, 3.05) is 26.2 Å². The summed E-state index contributed by atoms with van der Waals surface area (Å²) in [5, 5.41) is 7.12. The Kier molecular flexibility index (Phi) is 6.00. The van der Waals surface area contributed by atoms with Gasteiger partial charge in [0.15, 0.2) is 0 Å². The van der Waals surface area contributed by atoms with Crippen LogP contribution in [0.25, 0.3) is 10.9 Å². The number of aromatic amines is 1. The number of benzene rings is 1. The SMILES string of the molecule is CC(C)(C)c1nc(CNC(=O)N2CCN(C(=O)Cc3c[nH]c4ccccc34)CC2)cs1. The number of aromatic nitrogens is 2. The van der Waals surface area contributed by atoms with Gasteiger partial charge in [-0.3, -0.25) is 4.79 Å². The molecule has 7 nitrogen and oxygen atoms in total. The lowest BCUT2D eigenvalue weighted by molar-refractivity contribution is -0.131. The Labute approximate surface area is 186 Å². The summed E-state index contributed by atoms with van der Waals surface area (Å²) >= 11 is 1.63. The maximum atomic E-state index is 12.8. The molecule has 1 fully saturated rings. The highest BCUT2D eigenvalue weighted by molar-refractivity contribution is 7.09. The average Bonchev–Trinajstić information content (AvgIpc) is 3.40. The third-order valence-corrected chi connectivity index (χ3v) is 6.87. The summed E-state index contributed by atoms with van der Waals surface area (Å²) in [4.78, 5) is 36.8. The summed E-state index contributed by atoms with van der Waals surface area (Å²) in [5.74, 6) is 0.0991. The van der Waals surface area contributed by atoms with E-state index in [4.69, 9.17) is 0 Å². The summed E-state index contributed by atoms with van der Waals surface area (Å²) in [6.07, 6.45) is 2.28. The van der Waals surface area contributed by atoms with Gasteiger partial charge in [0.05, 0.1) is 23.7 Å². The van der Waals surface area contributed by atoms with E-state index >= 15 is 0 Å². The topological polar surface area (TPSA) is 81.3 Å². The zero-order valence-electron chi connectivity index (χ0n) is 18.3. The maximum Gasteiger partial charge on any atom is 0.317 e. The number of amides is 3. The molecule has 4 rings (SSSR count). The zero-order valence-corrected chi connectivity index (χ0v) is 19.1. The molecule has 0 aliphatic carbocycles. The van der Waals surface area contributed by atoms with E-state index < -0.39 is 0 Å². The molecule has 0 radical (unpaired) electrons. The standard InChI is InChI=1S/C23H29N5O2S/c1-23(2,3)21-26-17(15-31-21)14-25-22(30)28-10-8-27(9-11-28)20(29)12-16-13-24-19-7-5-4-6-18(16)19/h4-7,13,15,24H,8-12,14H2,1-3H3,(H,25,30). The molecule has 0 unspecified atom stereocenters. The van der Waals surface area contributed by atoms with Crippen molar-refractivity contribution in [2.45, 2.75) is 39.2 Å². The Morgan fingerprint density at radius 2 is 1.84 bits per heavy atom. The summed E-state index contributed by atoms with van der Waals surface area (Å²) in [6.45, 7) is 9.00. The first-order valence-electron chi connectivity index (χ1n) is 10.6. The van der Waals surface area contributed by atoms with Crippen LogP contribution in [-0.2, 0) is 23.2 Å². The highest BCUT2D eigenvalue weighted by Crippen LogP contribution is 2.25. The summed E-state index contributed by atoms with van der Waals surface area (Å²) in [5.41, 5.74) is 2.96. The molecule has 2 aromatic heterocycles. The van der Waals surface area contributed by atoms with Crippen LogP contribution in [0.1, 0.15) is 37.0 Å². The van der Waals surface area contributed by atoms with Gasteiger partial charge in [0.2, 0.25) is 5.91 Å². The number of hydrogen-bond donors (Lipinski definition) is 2. The Morgan fingerprint density at radius 1 is 1.13 bits per heavy atom. The zero-order chi connectivity index (χ0) is 22.0. The minimum Gasteiger partial charge on any atom is -0.361 e. The van der Waals surface area contributed by atoms with Gasteiger partial charge in [-0.1, -0.05) is 39.0 Å². The van der Waals surface area contributed by atoms with Crippen LogP contribution in [0, 0.1) is 0 Å². The number of rotatable bonds is 4. The first-order valence-corrected chi connectivity index (χ1v) is 11.5. The van der Waals surface area contributed by atoms with Gasteiger partial charge >= 0.3 is 6.03 Å². The number of carbonyl (C=O) groups is 2. The second-order valence-electron chi connectivity index (χ2n) is 8.96. The number of carbonyl (C=O) groups excluding carboxylic acids is 2. The molecule has 1 aliphatic heterocycles. The van der Waals surface area contributed by atoms with E-state index in [1.54, 1.807) is 16.2 Å². The predicted octanol–water partition coefficient (Wildman–Crippen LogP) is 3.52. The molecule has 3 amide bonds. The van der Waals surface area contributed by atoms with Crippen molar-refractivity contribution in [3.05, 3.63) is 52.1 Å². The minimum atomic E-state index is -0.103. The van der Waals surface area contributed by atoms with Crippen LogP contribution in [0.15, 0.2) is 35.8 Å². The lowest BCUT2D eigenvalue weighted by atomic mass is 9.98. The third kappa shape index (κ3) is 4.90. The second-order valence-corrected chi connectivity index (χ2v) is 9.81. The number of hydrogen-bond acceptors (Lipinski definition) is 4. The first kappa shape index (κ1) is 21.4. The fraction of sp³-hybridized carbons (Fsp3) is 0.435. The number of piperazine rings is 1. The molecule has 2 N–H and O–H groups in total. The quantitative estimate of drug-likeness (QED) is 0.653. The van der Waals surface area contributed by atoms with Gasteiger partial charge in [-0.2, -0.15) is 0 Å². The molecule has 3 aromatic rings. The molecule has 164 valence electrons. The van der Waals surface area contributed by atoms with Gasteiger partial charge in [0.25, 0.3) is 0 Å². The van der Waals surface area contributed by atoms with Gasteiger partial charge in [-0.25, -0.2) is 9.78 Å². The van der Waals surface area contributed by atoms with E-state index in [1.165, 1.54) is 0 Å². The third-order valence-electron chi connectivity index (χ3n) is 5.55. The van der Waals surface area contributed by atoms with Crippen molar-refractivity contribution >= 4 is 34.2 Å². The molecule has 3 heterocycles. The molecule has 0 spiro atoms. The van der Waals surface area contributed by atoms with Crippen molar-refractivity contribution in [1.82, 2.24) is 25.1 Å². The Balaban J connectivity index is 1.25. The molecule has 1 saturated heterocycles. The fourth-order valence-corrected chi connectivity index (χ4v) is 4.63. The molecule has 0 saturated carbocycles. The van der Waals surface area contributed by atoms with Crippen molar-refractivity contribution in [2.24, 2.45) is 0 Å². The number of fused-ring (bicyclic) bond motifs is 1. The lowest BCUT2D eigenvalue weighted by Crippen LogP contribution is -2.53. The predicted molar refractivity (Wildman–Crippen MR) is 123 cm³/mol. The number of nitrogens with zero attached hydrogens (tertiary/aromatic N) is 3. The lowest BCUT2D eigenvalue weighted by Gasteiger charge is -2.34. The van der Waals surface area contributed by atoms with Crippen LogP contribution in [0.2, 0.25) is 0 Å². The Morgan fingerprint density at radius 3 is 2.55 bits per heavy atom. The maximum absolute atomic E-state index is 12.8. The van der Waals surface area contributed by atoms with Gasteiger partial charge in [-0.05, 0) is 11.6 Å². The second kappa shape index (κ2) is 8.70. The first-order chi connectivity index (χ1) is 14.8. The fourth-order valence-electron chi connectivity index (χ4n) is 3.72. The number of thiazole rings is 1. The van der Waals surface area contributed by atoms with Crippen LogP contribution in [-0.4, -0.2) is 57.9 Å².